The number of nitrogens with zero attached hydrogens (tertiary/aromatic N) is 10. The van der Waals surface area contributed by atoms with Crippen LogP contribution < -0.4 is 52.8 Å². The van der Waals surface area contributed by atoms with Crippen LogP contribution in [0.4, 0.5) is 0 Å². The third-order valence-corrected chi connectivity index (χ3v) is 12.0. The Morgan fingerprint density at radius 2 is 1.08 bits per heavy atom. The second kappa shape index (κ2) is 15.3. The molecule has 9 rings (SSSR count). The van der Waals surface area contributed by atoms with Crippen LogP contribution in [0.5, 0.6) is 28.7 Å². The molecular formula is C42H42N10O11. The van der Waals surface area contributed by atoms with Gasteiger partial charge in [0.15, 0.2) is 23.0 Å². The molecule has 0 unspecified atom stereocenters. The molecule has 63 heavy (non-hydrogen) atoms. The lowest BCUT2D eigenvalue weighted by atomic mass is 9.90. The molecule has 21 nitrogen and oxygen atoms in total. The zero-order chi connectivity index (χ0) is 44.6. The number of hydrogen-bond acceptors (Lipinski definition) is 13. The van der Waals surface area contributed by atoms with E-state index in [2.05, 4.69) is 9.97 Å². The highest BCUT2D eigenvalue weighted by atomic mass is 16.5. The highest BCUT2D eigenvalue weighted by Gasteiger charge is 2.41. The summed E-state index contributed by atoms with van der Waals surface area (Å²) in [5, 5.41) is 10.2. The number of phenolic OH excluding ortho intramolecular Hbond substituents is 1. The Balaban J connectivity index is 1.09. The number of benzene rings is 3. The highest BCUT2D eigenvalue weighted by molar-refractivity contribution is 5.80. The molecule has 2 aliphatic heterocycles. The van der Waals surface area contributed by atoms with Gasteiger partial charge in [-0.25, -0.2) is 57.0 Å². The number of aryl methyl sites for hydroxylation is 4. The maximum Gasteiger partial charge on any atom is 0.348 e. The van der Waals surface area contributed by atoms with Gasteiger partial charge in [-0.3, -0.25) is 9.59 Å². The topological polar surface area (TPSA) is 225 Å². The van der Waals surface area contributed by atoms with E-state index in [-0.39, 0.29) is 56.2 Å². The van der Waals surface area contributed by atoms with Crippen molar-refractivity contribution in [2.75, 3.05) is 28.4 Å². The molecule has 0 saturated heterocycles. The maximum absolute atomic E-state index is 14.4. The van der Waals surface area contributed by atoms with Crippen molar-refractivity contribution >= 4 is 22.1 Å². The molecule has 0 radical (unpaired) electrons. The van der Waals surface area contributed by atoms with Crippen LogP contribution >= 0.6 is 0 Å². The zero-order valence-corrected chi connectivity index (χ0v) is 35.1. The van der Waals surface area contributed by atoms with E-state index in [1.807, 2.05) is 0 Å². The van der Waals surface area contributed by atoms with Gasteiger partial charge in [0.25, 0.3) is 11.1 Å². The number of methoxy groups -OCH3 is 4. The summed E-state index contributed by atoms with van der Waals surface area (Å²) in [5.41, 5.74) is -0.324. The summed E-state index contributed by atoms with van der Waals surface area (Å²) in [6.45, 7) is -0.618. The molecule has 0 fully saturated rings. The van der Waals surface area contributed by atoms with Gasteiger partial charge in [0, 0.05) is 64.3 Å². The Hall–Kier alpha value is -7.84. The van der Waals surface area contributed by atoms with Crippen molar-refractivity contribution in [3.05, 3.63) is 140 Å². The number of phenols is 1. The van der Waals surface area contributed by atoms with Crippen molar-refractivity contribution in [2.45, 2.75) is 51.1 Å². The van der Waals surface area contributed by atoms with Gasteiger partial charge >= 0.3 is 22.8 Å². The molecule has 3 aromatic carbocycles. The first-order valence-electron chi connectivity index (χ1n) is 19.9. The molecule has 326 valence electrons. The minimum absolute atomic E-state index is 0.0247. The molecule has 0 aliphatic carbocycles. The van der Waals surface area contributed by atoms with Crippen LogP contribution in [0, 0.1) is 0 Å². The average Bonchev–Trinajstić information content (AvgIpc) is 3.68. The van der Waals surface area contributed by atoms with Crippen LogP contribution in [0.15, 0.2) is 88.9 Å². The van der Waals surface area contributed by atoms with Gasteiger partial charge in [0.05, 0.1) is 69.6 Å². The highest BCUT2D eigenvalue weighted by Crippen LogP contribution is 2.39. The lowest BCUT2D eigenvalue weighted by Crippen LogP contribution is -2.47. The van der Waals surface area contributed by atoms with Gasteiger partial charge in [0.2, 0.25) is 0 Å². The number of aromatic nitrogens is 10. The van der Waals surface area contributed by atoms with Crippen molar-refractivity contribution in [1.29, 1.82) is 0 Å². The zero-order valence-electron chi connectivity index (χ0n) is 35.1. The lowest BCUT2D eigenvalue weighted by Gasteiger charge is -2.37. The van der Waals surface area contributed by atoms with E-state index in [1.165, 1.54) is 68.4 Å². The van der Waals surface area contributed by atoms with Gasteiger partial charge < -0.3 is 33.2 Å². The van der Waals surface area contributed by atoms with Gasteiger partial charge in [-0.2, -0.15) is 0 Å². The Morgan fingerprint density at radius 3 is 1.57 bits per heavy atom. The van der Waals surface area contributed by atoms with Crippen molar-refractivity contribution in [2.24, 2.45) is 14.1 Å². The summed E-state index contributed by atoms with van der Waals surface area (Å²) in [4.78, 5) is 93.2. The van der Waals surface area contributed by atoms with Crippen LogP contribution in [0.3, 0.4) is 0 Å². The fourth-order valence-corrected chi connectivity index (χ4v) is 8.77. The Bertz CT molecular complexity index is 3430. The SMILES string of the molecule is COc1cc2nc(CCn3c(=O)n4n(c3=O)[C@@H]3Cn5c(=O)n(CCc6nc7cc(OC)c(OC)cc7n(C)c6=O)c(=O)n5[C@@H](c5ccc(O)cc5)C3=CC4)c(=O)n(C)c2cc1OC. The largest absolute Gasteiger partial charge is 0.508 e. The molecule has 21 heteroatoms. The molecule has 0 amide bonds. The fourth-order valence-electron chi connectivity index (χ4n) is 8.77. The molecule has 4 aromatic heterocycles. The number of allylic oxidation sites excluding steroid dienone is 2. The van der Waals surface area contributed by atoms with Gasteiger partial charge in [-0.15, -0.1) is 0 Å². The molecule has 6 heterocycles. The normalized spacial score (nSPS) is 15.5. The van der Waals surface area contributed by atoms with E-state index in [0.29, 0.717) is 56.2 Å². The fraction of sp³-hybridized carbons (Fsp3) is 0.333. The minimum Gasteiger partial charge on any atom is -0.508 e. The number of hydrogen-bond donors (Lipinski definition) is 1. The van der Waals surface area contributed by atoms with Crippen LogP contribution in [-0.4, -0.2) is 80.5 Å². The van der Waals surface area contributed by atoms with E-state index < -0.39 is 46.0 Å². The molecular weight excluding hydrogens is 821 g/mol. The van der Waals surface area contributed by atoms with Crippen LogP contribution in [-0.2, 0) is 53.1 Å². The van der Waals surface area contributed by atoms with Crippen LogP contribution in [0.25, 0.3) is 22.1 Å². The van der Waals surface area contributed by atoms with E-state index in [9.17, 15) is 33.9 Å². The minimum atomic E-state index is -0.931. The summed E-state index contributed by atoms with van der Waals surface area (Å²) in [6.07, 6.45) is 1.63. The standard InChI is InChI=1S/C42H42N10O11/c1-45-29-19-34(62-5)32(60-3)17-27(29)43-25(37(45)54)12-14-47-39(56)49-16-11-24-31(51(49)41(47)58)21-50-40(57)48(42(59)52(50)36(24)22-7-9-23(53)10-8-22)15-13-26-38(55)46(2)30-20-35(63-6)33(61-4)18-28(30)44-26/h7-11,17-20,31,36,53H,12-16,21H2,1-6H3/t31-,36+/m1/s1. The number of ether oxygens (including phenoxy) is 4. The van der Waals surface area contributed by atoms with E-state index in [0.717, 1.165) is 9.13 Å². The third kappa shape index (κ3) is 6.28. The van der Waals surface area contributed by atoms with Crippen molar-refractivity contribution in [3.8, 4) is 28.7 Å². The van der Waals surface area contributed by atoms with Gasteiger partial charge in [0.1, 0.15) is 23.2 Å². The van der Waals surface area contributed by atoms with Crippen LogP contribution in [0.2, 0.25) is 0 Å². The van der Waals surface area contributed by atoms with Gasteiger partial charge in [-0.05, 0) is 23.3 Å². The van der Waals surface area contributed by atoms with Gasteiger partial charge in [-0.1, -0.05) is 18.2 Å². The second-order valence-electron chi connectivity index (χ2n) is 15.2. The number of aromatic hydroxyl groups is 1. The Kier molecular flexibility index (Phi) is 9.82. The van der Waals surface area contributed by atoms with E-state index >= 15 is 0 Å². The summed E-state index contributed by atoms with van der Waals surface area (Å²) in [7, 11) is 9.11. The lowest BCUT2D eigenvalue weighted by molar-refractivity contribution is 0.246. The van der Waals surface area contributed by atoms with E-state index in [1.54, 1.807) is 56.6 Å². The molecule has 0 spiro atoms. The summed E-state index contributed by atoms with van der Waals surface area (Å²) in [5.74, 6) is 1.62. The Morgan fingerprint density at radius 1 is 0.619 bits per heavy atom. The maximum atomic E-state index is 14.4. The van der Waals surface area contributed by atoms with Crippen molar-refractivity contribution < 1.29 is 24.1 Å². The average molecular weight is 863 g/mol. The quantitative estimate of drug-likeness (QED) is 0.175. The number of fused-ring (bicyclic) bond motifs is 6. The first-order chi connectivity index (χ1) is 30.3. The first-order valence-corrected chi connectivity index (χ1v) is 19.9. The van der Waals surface area contributed by atoms with Crippen molar-refractivity contribution in [1.82, 2.24) is 47.0 Å². The summed E-state index contributed by atoms with van der Waals surface area (Å²) < 4.78 is 31.6. The smallest absolute Gasteiger partial charge is 0.348 e. The summed E-state index contributed by atoms with van der Waals surface area (Å²) >= 11 is 0. The molecule has 1 N–H and O–H groups in total. The predicted octanol–water partition coefficient (Wildman–Crippen LogP) is 0.440. The molecule has 0 bridgehead atoms. The third-order valence-electron chi connectivity index (χ3n) is 12.0. The first kappa shape index (κ1) is 40.6. The second-order valence-corrected chi connectivity index (χ2v) is 15.2. The number of rotatable bonds is 11. The monoisotopic (exact) mass is 862 g/mol. The molecule has 2 atom stereocenters. The predicted molar refractivity (Wildman–Crippen MR) is 227 cm³/mol. The Labute approximate surface area is 354 Å². The van der Waals surface area contributed by atoms with Crippen molar-refractivity contribution in [3.63, 3.8) is 0 Å². The molecule has 7 aromatic rings. The van der Waals surface area contributed by atoms with Crippen LogP contribution in [0.1, 0.15) is 29.0 Å². The molecule has 0 saturated carbocycles. The summed E-state index contributed by atoms with van der Waals surface area (Å²) in [6, 6.07) is 10.9. The molecule has 2 aliphatic rings. The van der Waals surface area contributed by atoms with E-state index in [4.69, 9.17) is 18.9 Å².